The second kappa shape index (κ2) is 5.50. The summed E-state index contributed by atoms with van der Waals surface area (Å²) >= 11 is 7.34. The molecule has 1 aromatic rings. The van der Waals surface area contributed by atoms with Crippen LogP contribution < -0.4 is 5.32 Å². The maximum Gasteiger partial charge on any atom is 0.252 e. The Hall–Kier alpha value is -0.360. The number of benzene rings is 1. The van der Waals surface area contributed by atoms with Gasteiger partial charge < -0.3 is 5.32 Å². The lowest BCUT2D eigenvalue weighted by Crippen LogP contribution is -2.26. The van der Waals surface area contributed by atoms with Crippen LogP contribution in [0.2, 0.25) is 0 Å². The number of carbonyl (C=O) groups excluding carboxylic acids is 1. The fraction of sp³-hybridized carbons (Fsp3) is 0.222. The van der Waals surface area contributed by atoms with Gasteiger partial charge in [0.2, 0.25) is 0 Å². The van der Waals surface area contributed by atoms with Crippen molar-refractivity contribution in [1.29, 1.82) is 0 Å². The number of hydrogen-bond acceptors (Lipinski definition) is 1. The maximum absolute atomic E-state index is 12.7. The van der Waals surface area contributed by atoms with Crippen molar-refractivity contribution in [3.8, 4) is 0 Å². The zero-order valence-corrected chi connectivity index (χ0v) is 10.1. The molecule has 0 radical (unpaired) electrons. The van der Waals surface area contributed by atoms with E-state index in [-0.39, 0.29) is 11.7 Å². The zero-order valence-electron chi connectivity index (χ0n) is 7.19. The Labute approximate surface area is 100.0 Å². The van der Waals surface area contributed by atoms with Crippen LogP contribution in [0.4, 0.5) is 4.39 Å². The van der Waals surface area contributed by atoms with E-state index in [1.54, 1.807) is 0 Å². The first-order chi connectivity index (χ1) is 6.65. The Balaban J connectivity index is 2.80. The van der Waals surface area contributed by atoms with Crippen LogP contribution in [0.15, 0.2) is 18.2 Å². The van der Waals surface area contributed by atoms with E-state index < -0.39 is 0 Å². The number of rotatable bonds is 3. The molecule has 0 spiro atoms. The van der Waals surface area contributed by atoms with Crippen molar-refractivity contribution in [2.75, 3.05) is 12.4 Å². The fourth-order valence-electron chi connectivity index (χ4n) is 0.930. The smallest absolute Gasteiger partial charge is 0.252 e. The van der Waals surface area contributed by atoms with Gasteiger partial charge in [0, 0.05) is 16.0 Å². The average Bonchev–Trinajstić information content (AvgIpc) is 2.14. The van der Waals surface area contributed by atoms with Gasteiger partial charge in [-0.15, -0.1) is 11.6 Å². The van der Waals surface area contributed by atoms with Crippen molar-refractivity contribution in [2.45, 2.75) is 0 Å². The Morgan fingerprint density at radius 2 is 2.29 bits per heavy atom. The molecule has 0 aromatic heterocycles. The third kappa shape index (κ3) is 3.09. The summed E-state index contributed by atoms with van der Waals surface area (Å²) in [5, 5.41) is 2.61. The molecule has 0 atom stereocenters. The summed E-state index contributed by atoms with van der Waals surface area (Å²) in [7, 11) is 0. The molecular formula is C9H8ClFINO. The minimum absolute atomic E-state index is 0.227. The first kappa shape index (κ1) is 11.7. The predicted octanol–water partition coefficient (Wildman–Crippen LogP) is 2.40. The summed E-state index contributed by atoms with van der Waals surface area (Å²) in [4.78, 5) is 11.4. The predicted molar refractivity (Wildman–Crippen MR) is 62.2 cm³/mol. The SMILES string of the molecule is O=C(NCCCl)c1ccc(F)cc1I. The van der Waals surface area contributed by atoms with E-state index in [1.807, 2.05) is 22.6 Å². The Kier molecular flexibility index (Phi) is 4.60. The monoisotopic (exact) mass is 327 g/mol. The lowest BCUT2D eigenvalue weighted by molar-refractivity contribution is 0.0955. The van der Waals surface area contributed by atoms with Crippen LogP contribution in [0.25, 0.3) is 0 Å². The van der Waals surface area contributed by atoms with Crippen LogP contribution in [0.3, 0.4) is 0 Å². The first-order valence-corrected chi connectivity index (χ1v) is 5.55. The van der Waals surface area contributed by atoms with Gasteiger partial charge in [0.1, 0.15) is 5.82 Å². The van der Waals surface area contributed by atoms with Gasteiger partial charge in [0.25, 0.3) is 5.91 Å². The van der Waals surface area contributed by atoms with Gasteiger partial charge in [-0.05, 0) is 40.8 Å². The van der Waals surface area contributed by atoms with E-state index in [4.69, 9.17) is 11.6 Å². The summed E-state index contributed by atoms with van der Waals surface area (Å²) < 4.78 is 13.3. The van der Waals surface area contributed by atoms with Crippen LogP contribution in [0, 0.1) is 9.39 Å². The maximum atomic E-state index is 12.7. The van der Waals surface area contributed by atoms with Crippen molar-refractivity contribution in [1.82, 2.24) is 5.32 Å². The van der Waals surface area contributed by atoms with Crippen LogP contribution in [-0.2, 0) is 0 Å². The minimum atomic E-state index is -0.344. The molecule has 0 bridgehead atoms. The standard InChI is InChI=1S/C9H8ClFINO/c10-3-4-13-9(14)7-2-1-6(11)5-8(7)12/h1-2,5H,3-4H2,(H,13,14). The molecule has 1 rings (SSSR count). The number of halogens is 3. The Bertz CT molecular complexity index is 346. The average molecular weight is 328 g/mol. The highest BCUT2D eigenvalue weighted by Gasteiger charge is 2.09. The summed E-state index contributed by atoms with van der Waals surface area (Å²) in [6.45, 7) is 0.411. The Morgan fingerprint density at radius 3 is 2.86 bits per heavy atom. The van der Waals surface area contributed by atoms with Gasteiger partial charge in [-0.25, -0.2) is 4.39 Å². The second-order valence-corrected chi connectivity index (χ2v) is 4.11. The van der Waals surface area contributed by atoms with E-state index in [0.717, 1.165) is 0 Å². The quantitative estimate of drug-likeness (QED) is 0.670. The number of nitrogens with one attached hydrogen (secondary N) is 1. The Morgan fingerprint density at radius 1 is 1.57 bits per heavy atom. The third-order valence-corrected chi connectivity index (χ3v) is 2.64. The lowest BCUT2D eigenvalue weighted by Gasteiger charge is -2.04. The van der Waals surface area contributed by atoms with Gasteiger partial charge in [0.05, 0.1) is 5.56 Å². The molecule has 1 amide bonds. The molecule has 0 aliphatic heterocycles. The topological polar surface area (TPSA) is 29.1 Å². The van der Waals surface area contributed by atoms with E-state index in [1.165, 1.54) is 18.2 Å². The number of amides is 1. The number of carbonyl (C=O) groups is 1. The number of alkyl halides is 1. The molecule has 0 saturated heterocycles. The molecule has 2 nitrogen and oxygen atoms in total. The van der Waals surface area contributed by atoms with Crippen LogP contribution in [0.5, 0.6) is 0 Å². The molecule has 14 heavy (non-hydrogen) atoms. The summed E-state index contributed by atoms with van der Waals surface area (Å²) in [5.41, 5.74) is 0.470. The summed E-state index contributed by atoms with van der Waals surface area (Å²) in [6, 6.07) is 4.04. The van der Waals surface area contributed by atoms with E-state index >= 15 is 0 Å². The van der Waals surface area contributed by atoms with Gasteiger partial charge in [-0.3, -0.25) is 4.79 Å². The van der Waals surface area contributed by atoms with Gasteiger partial charge in [-0.2, -0.15) is 0 Å². The highest BCUT2D eigenvalue weighted by Crippen LogP contribution is 2.13. The van der Waals surface area contributed by atoms with E-state index in [0.29, 0.717) is 21.6 Å². The van der Waals surface area contributed by atoms with Crippen LogP contribution in [-0.4, -0.2) is 18.3 Å². The molecule has 0 heterocycles. The zero-order chi connectivity index (χ0) is 10.6. The molecule has 1 aromatic carbocycles. The third-order valence-electron chi connectivity index (χ3n) is 1.56. The molecule has 1 N–H and O–H groups in total. The molecule has 0 aliphatic carbocycles. The minimum Gasteiger partial charge on any atom is -0.351 e. The van der Waals surface area contributed by atoms with E-state index in [2.05, 4.69) is 5.32 Å². The lowest BCUT2D eigenvalue weighted by atomic mass is 10.2. The van der Waals surface area contributed by atoms with Crippen molar-refractivity contribution in [3.05, 3.63) is 33.1 Å². The molecule has 0 fully saturated rings. The normalized spacial score (nSPS) is 9.93. The largest absolute Gasteiger partial charge is 0.351 e. The summed E-state index contributed by atoms with van der Waals surface area (Å²) in [5.74, 6) is -0.206. The second-order valence-electron chi connectivity index (χ2n) is 2.57. The van der Waals surface area contributed by atoms with Crippen molar-refractivity contribution < 1.29 is 9.18 Å². The fourth-order valence-corrected chi connectivity index (χ4v) is 1.75. The molecular weight excluding hydrogens is 319 g/mol. The summed E-state index contributed by atoms with van der Waals surface area (Å²) in [6.07, 6.45) is 0. The molecule has 5 heteroatoms. The van der Waals surface area contributed by atoms with E-state index in [9.17, 15) is 9.18 Å². The first-order valence-electron chi connectivity index (χ1n) is 3.94. The number of hydrogen-bond donors (Lipinski definition) is 1. The highest BCUT2D eigenvalue weighted by atomic mass is 127. The van der Waals surface area contributed by atoms with Crippen molar-refractivity contribution >= 4 is 40.1 Å². The van der Waals surface area contributed by atoms with Gasteiger partial charge in [-0.1, -0.05) is 0 Å². The van der Waals surface area contributed by atoms with Crippen LogP contribution in [0.1, 0.15) is 10.4 Å². The van der Waals surface area contributed by atoms with Crippen LogP contribution >= 0.6 is 34.2 Å². The molecule has 0 saturated carbocycles. The highest BCUT2D eigenvalue weighted by molar-refractivity contribution is 14.1. The van der Waals surface area contributed by atoms with Crippen molar-refractivity contribution in [3.63, 3.8) is 0 Å². The van der Waals surface area contributed by atoms with Crippen molar-refractivity contribution in [2.24, 2.45) is 0 Å². The molecule has 0 unspecified atom stereocenters. The molecule has 0 aliphatic rings. The van der Waals surface area contributed by atoms with Gasteiger partial charge in [0.15, 0.2) is 0 Å². The molecule has 76 valence electrons. The van der Waals surface area contributed by atoms with Gasteiger partial charge >= 0.3 is 0 Å².